The van der Waals surface area contributed by atoms with Gasteiger partial charge < -0.3 is 5.32 Å². The predicted octanol–water partition coefficient (Wildman–Crippen LogP) is 0.889. The molecule has 0 aromatic heterocycles. The minimum atomic E-state index is -0.970. The molecule has 7 heteroatoms. The molecule has 1 heterocycles. The van der Waals surface area contributed by atoms with Crippen molar-refractivity contribution in [1.82, 2.24) is 15.1 Å². The van der Waals surface area contributed by atoms with Crippen LogP contribution in [0.1, 0.15) is 30.9 Å². The Hall–Kier alpha value is -2.70. The topological polar surface area (TPSA) is 86.8 Å². The van der Waals surface area contributed by atoms with E-state index in [9.17, 15) is 19.2 Å². The molecule has 0 bridgehead atoms. The van der Waals surface area contributed by atoms with Gasteiger partial charge in [0.05, 0.1) is 0 Å². The molecule has 1 aliphatic rings. The van der Waals surface area contributed by atoms with Crippen molar-refractivity contribution >= 4 is 23.8 Å². The zero-order chi connectivity index (χ0) is 17.9. The smallest absolute Gasteiger partial charge is 0.334 e. The Morgan fingerprint density at radius 1 is 1.08 bits per heavy atom. The number of nitrogens with one attached hydrogen (secondary N) is 1. The summed E-state index contributed by atoms with van der Waals surface area (Å²) in [5.41, 5.74) is 2.34. The number of hydrogen-bond donors (Lipinski definition) is 1. The molecule has 0 saturated carbocycles. The van der Waals surface area contributed by atoms with Crippen LogP contribution >= 0.6 is 0 Å². The Bertz CT molecular complexity index is 667. The van der Waals surface area contributed by atoms with E-state index in [1.165, 1.54) is 12.6 Å². The molecule has 1 aromatic rings. The predicted molar refractivity (Wildman–Crippen MR) is 87.1 cm³/mol. The van der Waals surface area contributed by atoms with E-state index < -0.39 is 30.3 Å². The fraction of sp³-hybridized carbons (Fsp3) is 0.412. The summed E-state index contributed by atoms with van der Waals surface area (Å²) in [4.78, 5) is 47.8. The van der Waals surface area contributed by atoms with Gasteiger partial charge in [-0.25, -0.2) is 9.69 Å². The minimum absolute atomic E-state index is 0.389. The quantitative estimate of drug-likeness (QED) is 0.619. The lowest BCUT2D eigenvalue weighted by Gasteiger charge is -2.13. The lowest BCUT2D eigenvalue weighted by Crippen LogP contribution is -2.41. The normalized spacial score (nSPS) is 14.8. The average Bonchev–Trinajstić information content (AvgIpc) is 2.73. The second kappa shape index (κ2) is 7.25. The maximum absolute atomic E-state index is 11.9. The van der Waals surface area contributed by atoms with Crippen molar-refractivity contribution in [2.45, 2.75) is 26.2 Å². The number of likely N-dealkylation sites (N-methyl/N-ethyl adjacent to an activating group) is 1. The molecule has 1 saturated heterocycles. The molecule has 1 aliphatic heterocycles. The molecule has 24 heavy (non-hydrogen) atoms. The largest absolute Gasteiger partial charge is 0.354 e. The van der Waals surface area contributed by atoms with Crippen LogP contribution in [-0.4, -0.2) is 53.7 Å². The van der Waals surface area contributed by atoms with Gasteiger partial charge in [0.25, 0.3) is 0 Å². The highest BCUT2D eigenvalue weighted by Gasteiger charge is 2.42. The third-order valence-electron chi connectivity index (χ3n) is 3.93. The lowest BCUT2D eigenvalue weighted by atomic mass is 10.0. The Labute approximate surface area is 140 Å². The Morgan fingerprint density at radius 2 is 1.71 bits per heavy atom. The van der Waals surface area contributed by atoms with E-state index in [1.54, 1.807) is 0 Å². The van der Waals surface area contributed by atoms with Crippen LogP contribution < -0.4 is 5.32 Å². The maximum Gasteiger partial charge on any atom is 0.334 e. The molecule has 5 amide bonds. The molecule has 0 spiro atoms. The zero-order valence-corrected chi connectivity index (χ0v) is 14.0. The molecular formula is C17H21N3O4. The molecule has 0 unspecified atom stereocenters. The van der Waals surface area contributed by atoms with Crippen molar-refractivity contribution in [2.75, 3.05) is 20.1 Å². The summed E-state index contributed by atoms with van der Waals surface area (Å²) in [6.45, 7) is 4.19. The molecule has 128 valence electrons. The Balaban J connectivity index is 1.80. The number of imide groups is 2. The summed E-state index contributed by atoms with van der Waals surface area (Å²) in [5.74, 6) is -1.89. The first kappa shape index (κ1) is 17.7. The standard InChI is InChI=1S/C17H21N3O4/c1-11(2)13-6-4-12(5-7-13)8-9-18-14(21)10-20-16(23)15(22)19(3)17(20)24/h4-7,11H,8-10H2,1-3H3,(H,18,21). The van der Waals surface area contributed by atoms with Crippen molar-refractivity contribution in [1.29, 1.82) is 0 Å². The number of rotatable bonds is 6. The first-order valence-corrected chi connectivity index (χ1v) is 7.80. The Morgan fingerprint density at radius 3 is 2.21 bits per heavy atom. The molecule has 1 fully saturated rings. The SMILES string of the molecule is CC(C)c1ccc(CCNC(=O)CN2C(=O)C(=O)N(C)C2=O)cc1. The van der Waals surface area contributed by atoms with Crippen LogP contribution in [0.3, 0.4) is 0 Å². The van der Waals surface area contributed by atoms with E-state index in [0.717, 1.165) is 5.56 Å². The summed E-state index contributed by atoms with van der Waals surface area (Å²) < 4.78 is 0. The van der Waals surface area contributed by atoms with Gasteiger partial charge in [0.2, 0.25) is 5.91 Å². The summed E-state index contributed by atoms with van der Waals surface area (Å²) in [6, 6.07) is 7.38. The highest BCUT2D eigenvalue weighted by molar-refractivity contribution is 6.44. The van der Waals surface area contributed by atoms with Gasteiger partial charge in [0, 0.05) is 13.6 Å². The van der Waals surface area contributed by atoms with Crippen LogP contribution in [0, 0.1) is 0 Å². The van der Waals surface area contributed by atoms with Crippen LogP contribution in [0.25, 0.3) is 0 Å². The number of benzene rings is 1. The summed E-state index contributed by atoms with van der Waals surface area (Å²) in [6.07, 6.45) is 0.644. The van der Waals surface area contributed by atoms with Gasteiger partial charge in [-0.2, -0.15) is 0 Å². The molecule has 1 aromatic carbocycles. The van der Waals surface area contributed by atoms with Gasteiger partial charge >= 0.3 is 17.8 Å². The molecular weight excluding hydrogens is 310 g/mol. The van der Waals surface area contributed by atoms with Crippen molar-refractivity contribution in [3.8, 4) is 0 Å². The van der Waals surface area contributed by atoms with Crippen molar-refractivity contribution in [3.63, 3.8) is 0 Å². The maximum atomic E-state index is 11.9. The highest BCUT2D eigenvalue weighted by Crippen LogP contribution is 2.14. The van der Waals surface area contributed by atoms with E-state index in [0.29, 0.717) is 28.7 Å². The van der Waals surface area contributed by atoms with Crippen molar-refractivity contribution < 1.29 is 19.2 Å². The van der Waals surface area contributed by atoms with Crippen molar-refractivity contribution in [2.24, 2.45) is 0 Å². The van der Waals surface area contributed by atoms with Gasteiger partial charge in [-0.15, -0.1) is 0 Å². The first-order chi connectivity index (χ1) is 11.3. The monoisotopic (exact) mass is 331 g/mol. The summed E-state index contributed by atoms with van der Waals surface area (Å²) >= 11 is 0. The van der Waals surface area contributed by atoms with Crippen LogP contribution in [0.15, 0.2) is 24.3 Å². The number of urea groups is 1. The fourth-order valence-corrected chi connectivity index (χ4v) is 2.37. The molecule has 7 nitrogen and oxygen atoms in total. The lowest BCUT2D eigenvalue weighted by molar-refractivity contribution is -0.143. The van der Waals surface area contributed by atoms with Gasteiger partial charge in [0.15, 0.2) is 0 Å². The first-order valence-electron chi connectivity index (χ1n) is 7.80. The molecule has 2 rings (SSSR count). The van der Waals surface area contributed by atoms with Gasteiger partial charge in [-0.05, 0) is 23.5 Å². The van der Waals surface area contributed by atoms with E-state index in [4.69, 9.17) is 0 Å². The minimum Gasteiger partial charge on any atom is -0.354 e. The molecule has 0 aliphatic carbocycles. The van der Waals surface area contributed by atoms with E-state index in [1.807, 2.05) is 12.1 Å². The van der Waals surface area contributed by atoms with Gasteiger partial charge in [0.1, 0.15) is 6.54 Å². The van der Waals surface area contributed by atoms with Crippen LogP contribution in [0.4, 0.5) is 4.79 Å². The fourth-order valence-electron chi connectivity index (χ4n) is 2.37. The van der Waals surface area contributed by atoms with E-state index >= 15 is 0 Å². The number of amides is 5. The van der Waals surface area contributed by atoms with Crippen LogP contribution in [0.5, 0.6) is 0 Å². The number of hydrogen-bond acceptors (Lipinski definition) is 4. The third-order valence-corrected chi connectivity index (χ3v) is 3.93. The van der Waals surface area contributed by atoms with Crippen LogP contribution in [-0.2, 0) is 20.8 Å². The van der Waals surface area contributed by atoms with E-state index in [-0.39, 0.29) is 0 Å². The second-order valence-electron chi connectivity index (χ2n) is 6.03. The second-order valence-corrected chi connectivity index (χ2v) is 6.03. The van der Waals surface area contributed by atoms with Crippen LogP contribution in [0.2, 0.25) is 0 Å². The van der Waals surface area contributed by atoms with E-state index in [2.05, 4.69) is 31.3 Å². The molecule has 0 radical (unpaired) electrons. The number of nitrogens with zero attached hydrogens (tertiary/aromatic N) is 2. The molecule has 0 atom stereocenters. The average molecular weight is 331 g/mol. The summed E-state index contributed by atoms with van der Waals surface area (Å²) in [5, 5.41) is 2.65. The van der Waals surface area contributed by atoms with Gasteiger partial charge in [-0.1, -0.05) is 38.1 Å². The summed E-state index contributed by atoms with van der Waals surface area (Å²) in [7, 11) is 1.21. The van der Waals surface area contributed by atoms with Gasteiger partial charge in [-0.3, -0.25) is 19.3 Å². The molecule has 1 N–H and O–H groups in total. The zero-order valence-electron chi connectivity index (χ0n) is 14.0. The number of carbonyl (C=O) groups is 4. The Kier molecular flexibility index (Phi) is 5.33. The highest BCUT2D eigenvalue weighted by atomic mass is 16.2. The third kappa shape index (κ3) is 3.79. The van der Waals surface area contributed by atoms with Crippen molar-refractivity contribution in [3.05, 3.63) is 35.4 Å². The number of carbonyl (C=O) groups excluding carboxylic acids is 4.